The van der Waals surface area contributed by atoms with Crippen LogP contribution in [0.25, 0.3) is 0 Å². The monoisotopic (exact) mass is 263 g/mol. The molecule has 2 rings (SSSR count). The normalized spacial score (nSPS) is 18.5. The first-order valence-corrected chi connectivity index (χ1v) is 6.82. The highest BCUT2D eigenvalue weighted by molar-refractivity contribution is 5.88. The van der Waals surface area contributed by atoms with Gasteiger partial charge in [-0.2, -0.15) is 0 Å². The number of aryl methyl sites for hydroxylation is 1. The molecule has 104 valence electrons. The lowest BCUT2D eigenvalue weighted by atomic mass is 10.1. The van der Waals surface area contributed by atoms with E-state index >= 15 is 0 Å². The first kappa shape index (κ1) is 13.9. The van der Waals surface area contributed by atoms with Crippen LogP contribution in [-0.4, -0.2) is 36.9 Å². The van der Waals surface area contributed by atoms with E-state index in [1.54, 1.807) is 12.1 Å². The fraction of sp³-hybridized carbons (Fsp3) is 0.533. The van der Waals surface area contributed by atoms with Gasteiger partial charge in [0, 0.05) is 25.4 Å². The summed E-state index contributed by atoms with van der Waals surface area (Å²) in [5, 5.41) is 8.99. The fourth-order valence-corrected chi connectivity index (χ4v) is 2.58. The van der Waals surface area contributed by atoms with Crippen molar-refractivity contribution in [3.8, 4) is 0 Å². The second-order valence-corrected chi connectivity index (χ2v) is 4.98. The number of carbonyl (C=O) groups is 1. The minimum Gasteiger partial charge on any atom is -0.478 e. The van der Waals surface area contributed by atoms with Gasteiger partial charge in [-0.05, 0) is 50.5 Å². The first-order chi connectivity index (χ1) is 9.11. The second-order valence-electron chi connectivity index (χ2n) is 4.98. The zero-order valence-electron chi connectivity index (χ0n) is 11.6. The summed E-state index contributed by atoms with van der Waals surface area (Å²) in [5.74, 6) is -0.878. The van der Waals surface area contributed by atoms with Gasteiger partial charge >= 0.3 is 5.97 Å². The second kappa shape index (κ2) is 6.06. The third-order valence-corrected chi connectivity index (χ3v) is 3.61. The molecule has 0 aliphatic carbocycles. The van der Waals surface area contributed by atoms with Crippen LogP contribution in [0.5, 0.6) is 0 Å². The molecule has 1 aliphatic rings. The zero-order chi connectivity index (χ0) is 13.8. The molecule has 0 spiro atoms. The Hall–Kier alpha value is -1.55. The van der Waals surface area contributed by atoms with Crippen molar-refractivity contribution in [1.82, 2.24) is 0 Å². The number of hydrogen-bond acceptors (Lipinski definition) is 3. The average molecular weight is 263 g/mol. The van der Waals surface area contributed by atoms with E-state index in [4.69, 9.17) is 9.84 Å². The third-order valence-electron chi connectivity index (χ3n) is 3.61. The van der Waals surface area contributed by atoms with Crippen molar-refractivity contribution in [1.29, 1.82) is 0 Å². The number of ether oxygens (including phenoxy) is 1. The number of benzene rings is 1. The van der Waals surface area contributed by atoms with Gasteiger partial charge in [0.05, 0.1) is 11.7 Å². The van der Waals surface area contributed by atoms with E-state index in [9.17, 15) is 4.79 Å². The Balaban J connectivity index is 2.15. The molecular weight excluding hydrogens is 242 g/mol. The molecule has 0 bridgehead atoms. The van der Waals surface area contributed by atoms with Crippen LogP contribution in [0.15, 0.2) is 18.2 Å². The van der Waals surface area contributed by atoms with Crippen LogP contribution in [0.3, 0.4) is 0 Å². The smallest absolute Gasteiger partial charge is 0.335 e. The SMILES string of the molecule is CCN(CC1CCCO1)c1ccc(C(=O)O)cc1C. The van der Waals surface area contributed by atoms with Gasteiger partial charge in [0.15, 0.2) is 0 Å². The Morgan fingerprint density at radius 3 is 2.84 bits per heavy atom. The van der Waals surface area contributed by atoms with Crippen LogP contribution in [0.4, 0.5) is 5.69 Å². The van der Waals surface area contributed by atoms with E-state index in [2.05, 4.69) is 11.8 Å². The summed E-state index contributed by atoms with van der Waals surface area (Å²) < 4.78 is 5.67. The van der Waals surface area contributed by atoms with Crippen molar-refractivity contribution < 1.29 is 14.6 Å². The summed E-state index contributed by atoms with van der Waals surface area (Å²) in [6, 6.07) is 5.30. The number of carboxylic acids is 1. The molecule has 1 aromatic rings. The Morgan fingerprint density at radius 1 is 1.53 bits per heavy atom. The van der Waals surface area contributed by atoms with Crippen molar-refractivity contribution >= 4 is 11.7 Å². The molecule has 1 atom stereocenters. The topological polar surface area (TPSA) is 49.8 Å². The first-order valence-electron chi connectivity index (χ1n) is 6.82. The molecule has 1 saturated heterocycles. The van der Waals surface area contributed by atoms with E-state index in [-0.39, 0.29) is 0 Å². The lowest BCUT2D eigenvalue weighted by molar-refractivity contribution is 0.0696. The summed E-state index contributed by atoms with van der Waals surface area (Å²) in [6.07, 6.45) is 2.56. The number of likely N-dealkylation sites (N-methyl/N-ethyl adjacent to an activating group) is 1. The number of nitrogens with zero attached hydrogens (tertiary/aromatic N) is 1. The van der Waals surface area contributed by atoms with Gasteiger partial charge in [-0.15, -0.1) is 0 Å². The van der Waals surface area contributed by atoms with Gasteiger partial charge in [0.25, 0.3) is 0 Å². The van der Waals surface area contributed by atoms with Crippen LogP contribution < -0.4 is 4.90 Å². The molecule has 1 aliphatic heterocycles. The standard InChI is InChI=1S/C15H21NO3/c1-3-16(10-13-5-4-8-19-13)14-7-6-12(15(17)18)9-11(14)2/h6-7,9,13H,3-5,8,10H2,1-2H3,(H,17,18). The molecule has 4 heteroatoms. The molecule has 4 nitrogen and oxygen atoms in total. The summed E-state index contributed by atoms with van der Waals surface area (Å²) in [5.41, 5.74) is 2.44. The van der Waals surface area contributed by atoms with E-state index in [1.807, 2.05) is 13.0 Å². The van der Waals surface area contributed by atoms with E-state index in [0.29, 0.717) is 11.7 Å². The largest absolute Gasteiger partial charge is 0.478 e. The maximum atomic E-state index is 10.9. The number of aromatic carboxylic acids is 1. The van der Waals surface area contributed by atoms with Gasteiger partial charge in [0.2, 0.25) is 0 Å². The van der Waals surface area contributed by atoms with E-state index in [1.165, 1.54) is 0 Å². The highest BCUT2D eigenvalue weighted by Gasteiger charge is 2.19. The number of anilines is 1. The van der Waals surface area contributed by atoms with Gasteiger partial charge in [0.1, 0.15) is 0 Å². The molecule has 1 aromatic carbocycles. The summed E-state index contributed by atoms with van der Waals surface area (Å²) in [4.78, 5) is 13.2. The van der Waals surface area contributed by atoms with Gasteiger partial charge in [-0.1, -0.05) is 0 Å². The van der Waals surface area contributed by atoms with Crippen molar-refractivity contribution in [2.24, 2.45) is 0 Å². The highest BCUT2D eigenvalue weighted by Crippen LogP contribution is 2.23. The lowest BCUT2D eigenvalue weighted by Gasteiger charge is -2.27. The fourth-order valence-electron chi connectivity index (χ4n) is 2.58. The minimum absolute atomic E-state index is 0.304. The van der Waals surface area contributed by atoms with Crippen LogP contribution in [0, 0.1) is 6.92 Å². The molecule has 0 saturated carbocycles. The predicted octanol–water partition coefficient (Wildman–Crippen LogP) is 2.70. The minimum atomic E-state index is -0.878. The Bertz CT molecular complexity index is 453. The van der Waals surface area contributed by atoms with Crippen LogP contribution in [-0.2, 0) is 4.74 Å². The van der Waals surface area contributed by atoms with E-state index in [0.717, 1.165) is 43.8 Å². The number of carboxylic acid groups (broad SMARTS) is 1. The summed E-state index contributed by atoms with van der Waals surface area (Å²) in [7, 11) is 0. The predicted molar refractivity (Wildman–Crippen MR) is 75.0 cm³/mol. The maximum Gasteiger partial charge on any atom is 0.335 e. The quantitative estimate of drug-likeness (QED) is 0.887. The molecule has 1 fully saturated rings. The third kappa shape index (κ3) is 3.26. The molecule has 0 radical (unpaired) electrons. The highest BCUT2D eigenvalue weighted by atomic mass is 16.5. The van der Waals surface area contributed by atoms with Crippen LogP contribution in [0.1, 0.15) is 35.7 Å². The summed E-state index contributed by atoms with van der Waals surface area (Å²) in [6.45, 7) is 6.70. The van der Waals surface area contributed by atoms with Crippen molar-refractivity contribution in [2.45, 2.75) is 32.8 Å². The zero-order valence-corrected chi connectivity index (χ0v) is 11.6. The van der Waals surface area contributed by atoms with Gasteiger partial charge in [-0.25, -0.2) is 4.79 Å². The molecule has 0 aromatic heterocycles. The number of hydrogen-bond donors (Lipinski definition) is 1. The van der Waals surface area contributed by atoms with Gasteiger partial charge < -0.3 is 14.7 Å². The van der Waals surface area contributed by atoms with Crippen molar-refractivity contribution in [2.75, 3.05) is 24.6 Å². The Morgan fingerprint density at radius 2 is 2.32 bits per heavy atom. The molecule has 1 unspecified atom stereocenters. The van der Waals surface area contributed by atoms with Gasteiger partial charge in [-0.3, -0.25) is 0 Å². The molecule has 19 heavy (non-hydrogen) atoms. The average Bonchev–Trinajstić information content (AvgIpc) is 2.89. The molecule has 1 N–H and O–H groups in total. The lowest BCUT2D eigenvalue weighted by Crippen LogP contribution is -2.32. The maximum absolute atomic E-state index is 10.9. The van der Waals surface area contributed by atoms with Crippen molar-refractivity contribution in [3.05, 3.63) is 29.3 Å². The Kier molecular flexibility index (Phi) is 4.43. The van der Waals surface area contributed by atoms with Crippen LogP contribution >= 0.6 is 0 Å². The Labute approximate surface area is 114 Å². The summed E-state index contributed by atoms with van der Waals surface area (Å²) >= 11 is 0. The van der Waals surface area contributed by atoms with E-state index < -0.39 is 5.97 Å². The van der Waals surface area contributed by atoms with Crippen molar-refractivity contribution in [3.63, 3.8) is 0 Å². The molecule has 0 amide bonds. The number of rotatable bonds is 5. The molecule has 1 heterocycles. The molecular formula is C15H21NO3. The van der Waals surface area contributed by atoms with Crippen LogP contribution in [0.2, 0.25) is 0 Å².